The molecular formula is C29H33N3O3. The first-order valence-electron chi connectivity index (χ1n) is 11.8. The van der Waals surface area contributed by atoms with Crippen molar-refractivity contribution in [3.63, 3.8) is 0 Å². The number of amides is 1. The van der Waals surface area contributed by atoms with Gasteiger partial charge in [0, 0.05) is 29.6 Å². The Balaban J connectivity index is 1.48. The van der Waals surface area contributed by atoms with Gasteiger partial charge in [0.1, 0.15) is 11.5 Å². The molecule has 0 bridgehead atoms. The number of methoxy groups -OCH3 is 2. The van der Waals surface area contributed by atoms with Crippen molar-refractivity contribution in [2.24, 2.45) is 0 Å². The van der Waals surface area contributed by atoms with Crippen molar-refractivity contribution in [3.8, 4) is 22.8 Å². The van der Waals surface area contributed by atoms with Crippen LogP contribution in [0.25, 0.3) is 22.2 Å². The van der Waals surface area contributed by atoms with Gasteiger partial charge in [0.05, 0.1) is 20.3 Å². The van der Waals surface area contributed by atoms with Gasteiger partial charge in [-0.3, -0.25) is 4.79 Å². The Morgan fingerprint density at radius 1 is 0.943 bits per heavy atom. The zero-order valence-electron chi connectivity index (χ0n) is 20.8. The molecule has 1 heterocycles. The van der Waals surface area contributed by atoms with Crippen LogP contribution >= 0.6 is 0 Å². The Kier molecular flexibility index (Phi) is 7.73. The Morgan fingerprint density at radius 3 is 2.40 bits per heavy atom. The van der Waals surface area contributed by atoms with Crippen LogP contribution in [0.2, 0.25) is 0 Å². The largest absolute Gasteiger partial charge is 0.497 e. The van der Waals surface area contributed by atoms with Crippen molar-refractivity contribution in [1.82, 2.24) is 15.2 Å². The molecule has 35 heavy (non-hydrogen) atoms. The first-order valence-corrected chi connectivity index (χ1v) is 11.8. The molecule has 0 fully saturated rings. The number of carbonyl (C=O) groups excluding carboxylic acids is 1. The van der Waals surface area contributed by atoms with Gasteiger partial charge in [-0.25, -0.2) is 0 Å². The molecule has 3 aromatic carbocycles. The van der Waals surface area contributed by atoms with Gasteiger partial charge in [0.25, 0.3) is 0 Å². The van der Waals surface area contributed by atoms with E-state index in [9.17, 15) is 4.79 Å². The van der Waals surface area contributed by atoms with Gasteiger partial charge in [-0.2, -0.15) is 0 Å². The maximum Gasteiger partial charge on any atom is 0.220 e. The van der Waals surface area contributed by atoms with Gasteiger partial charge in [0.15, 0.2) is 0 Å². The van der Waals surface area contributed by atoms with Crippen LogP contribution in [0.5, 0.6) is 11.5 Å². The summed E-state index contributed by atoms with van der Waals surface area (Å²) in [6.45, 7) is 0.526. The number of aromatic nitrogens is 1. The first-order chi connectivity index (χ1) is 17.0. The molecule has 0 radical (unpaired) electrons. The van der Waals surface area contributed by atoms with Crippen LogP contribution in [0, 0.1) is 0 Å². The van der Waals surface area contributed by atoms with Gasteiger partial charge < -0.3 is 24.7 Å². The number of hydrogen-bond donors (Lipinski definition) is 2. The van der Waals surface area contributed by atoms with Crippen molar-refractivity contribution in [3.05, 3.63) is 83.9 Å². The standard InChI is InChI=1S/C29H33N3O3/c1-32(2)27(21-8-7-9-23(18-21)35-4)19-30-28(33)17-16-25-24-10-5-6-11-26(24)31-29(25)20-12-14-22(34-3)15-13-20/h5-15,18,27,31H,16-17,19H2,1-4H3,(H,30,33). The number of likely N-dealkylation sites (N-methyl/N-ethyl adjacent to an activating group) is 1. The quantitative estimate of drug-likeness (QED) is 0.333. The average Bonchev–Trinajstić information content (AvgIpc) is 3.26. The predicted molar refractivity (Wildman–Crippen MR) is 141 cm³/mol. The minimum absolute atomic E-state index is 0.0331. The van der Waals surface area contributed by atoms with Crippen LogP contribution in [-0.2, 0) is 11.2 Å². The number of aromatic amines is 1. The number of para-hydroxylation sites is 1. The number of carbonyl (C=O) groups is 1. The highest BCUT2D eigenvalue weighted by atomic mass is 16.5. The van der Waals surface area contributed by atoms with E-state index in [1.807, 2.05) is 68.7 Å². The van der Waals surface area contributed by atoms with Gasteiger partial charge in [-0.05, 0) is 79.7 Å². The third-order valence-corrected chi connectivity index (χ3v) is 6.39. The number of rotatable bonds is 10. The van der Waals surface area contributed by atoms with Crippen LogP contribution in [0.3, 0.4) is 0 Å². The Bertz CT molecular complexity index is 1280. The molecule has 2 N–H and O–H groups in total. The smallest absolute Gasteiger partial charge is 0.220 e. The maximum atomic E-state index is 12.9. The lowest BCUT2D eigenvalue weighted by atomic mass is 10.0. The molecule has 0 aliphatic heterocycles. The summed E-state index contributed by atoms with van der Waals surface area (Å²) < 4.78 is 10.7. The Hall–Kier alpha value is -3.77. The molecule has 1 amide bonds. The summed E-state index contributed by atoms with van der Waals surface area (Å²) in [6, 6.07) is 24.3. The monoisotopic (exact) mass is 471 g/mol. The average molecular weight is 472 g/mol. The lowest BCUT2D eigenvalue weighted by molar-refractivity contribution is -0.121. The van der Waals surface area contributed by atoms with Gasteiger partial charge in [-0.15, -0.1) is 0 Å². The van der Waals surface area contributed by atoms with Crippen LogP contribution in [-0.4, -0.2) is 50.7 Å². The van der Waals surface area contributed by atoms with Gasteiger partial charge in [-0.1, -0.05) is 30.3 Å². The van der Waals surface area contributed by atoms with Crippen molar-refractivity contribution in [2.45, 2.75) is 18.9 Å². The number of nitrogens with zero attached hydrogens (tertiary/aromatic N) is 1. The molecule has 1 atom stereocenters. The van der Waals surface area contributed by atoms with E-state index in [2.05, 4.69) is 33.4 Å². The Labute approximate surface area is 206 Å². The molecule has 0 saturated carbocycles. The third kappa shape index (κ3) is 5.66. The highest BCUT2D eigenvalue weighted by molar-refractivity contribution is 5.91. The number of aryl methyl sites for hydroxylation is 1. The topological polar surface area (TPSA) is 66.6 Å². The highest BCUT2D eigenvalue weighted by Crippen LogP contribution is 2.32. The number of benzene rings is 3. The summed E-state index contributed by atoms with van der Waals surface area (Å²) in [6.07, 6.45) is 1.05. The molecule has 0 saturated heterocycles. The first kappa shape index (κ1) is 24.4. The number of fused-ring (bicyclic) bond motifs is 1. The fourth-order valence-corrected chi connectivity index (χ4v) is 4.45. The second-order valence-corrected chi connectivity index (χ2v) is 8.81. The fourth-order valence-electron chi connectivity index (χ4n) is 4.45. The van der Waals surface area contributed by atoms with Crippen LogP contribution < -0.4 is 14.8 Å². The second-order valence-electron chi connectivity index (χ2n) is 8.81. The molecule has 0 spiro atoms. The summed E-state index contributed by atoms with van der Waals surface area (Å²) in [5.41, 5.74) is 5.44. The van der Waals surface area contributed by atoms with E-state index in [-0.39, 0.29) is 11.9 Å². The molecule has 4 aromatic rings. The Morgan fingerprint density at radius 2 is 1.69 bits per heavy atom. The molecule has 0 aliphatic rings. The third-order valence-electron chi connectivity index (χ3n) is 6.39. The lowest BCUT2D eigenvalue weighted by Crippen LogP contribution is -2.34. The molecule has 6 heteroatoms. The summed E-state index contributed by atoms with van der Waals surface area (Å²) >= 11 is 0. The van der Waals surface area contributed by atoms with Crippen molar-refractivity contribution < 1.29 is 14.3 Å². The van der Waals surface area contributed by atoms with E-state index < -0.39 is 0 Å². The lowest BCUT2D eigenvalue weighted by Gasteiger charge is -2.25. The molecule has 0 aliphatic carbocycles. The normalized spacial score (nSPS) is 12.0. The summed E-state index contributed by atoms with van der Waals surface area (Å²) in [5.74, 6) is 1.66. The van der Waals surface area contributed by atoms with E-state index in [0.29, 0.717) is 19.4 Å². The van der Waals surface area contributed by atoms with Crippen LogP contribution in [0.4, 0.5) is 0 Å². The maximum absolute atomic E-state index is 12.9. The highest BCUT2D eigenvalue weighted by Gasteiger charge is 2.18. The summed E-state index contributed by atoms with van der Waals surface area (Å²) in [7, 11) is 7.36. The zero-order valence-corrected chi connectivity index (χ0v) is 20.8. The molecule has 1 unspecified atom stereocenters. The molecule has 6 nitrogen and oxygen atoms in total. The summed E-state index contributed by atoms with van der Waals surface area (Å²) in [4.78, 5) is 18.6. The molecular weight excluding hydrogens is 438 g/mol. The van der Waals surface area contributed by atoms with Crippen LogP contribution in [0.1, 0.15) is 23.6 Å². The zero-order chi connectivity index (χ0) is 24.8. The second kappa shape index (κ2) is 11.1. The molecule has 4 rings (SSSR count). The van der Waals surface area contributed by atoms with Gasteiger partial charge in [0.2, 0.25) is 5.91 Å². The SMILES string of the molecule is COc1ccc(-c2[nH]c3ccccc3c2CCC(=O)NCC(c2cccc(OC)c2)N(C)C)cc1. The van der Waals surface area contributed by atoms with E-state index in [0.717, 1.165) is 44.8 Å². The van der Waals surface area contributed by atoms with Crippen molar-refractivity contribution in [2.75, 3.05) is 34.9 Å². The molecule has 182 valence electrons. The minimum atomic E-state index is 0.0331. The van der Waals surface area contributed by atoms with Gasteiger partial charge >= 0.3 is 0 Å². The predicted octanol–water partition coefficient (Wildman–Crippen LogP) is 5.20. The number of hydrogen-bond acceptors (Lipinski definition) is 4. The van der Waals surface area contributed by atoms with Crippen LogP contribution in [0.15, 0.2) is 72.8 Å². The van der Waals surface area contributed by atoms with E-state index in [1.54, 1.807) is 14.2 Å². The van der Waals surface area contributed by atoms with E-state index >= 15 is 0 Å². The fraction of sp³-hybridized carbons (Fsp3) is 0.276. The van der Waals surface area contributed by atoms with E-state index in [1.165, 1.54) is 0 Å². The number of nitrogens with one attached hydrogen (secondary N) is 2. The molecule has 1 aromatic heterocycles. The summed E-state index contributed by atoms with van der Waals surface area (Å²) in [5, 5.41) is 4.28. The number of ether oxygens (including phenoxy) is 2. The number of H-pyrrole nitrogens is 1. The minimum Gasteiger partial charge on any atom is -0.497 e. The van der Waals surface area contributed by atoms with E-state index in [4.69, 9.17) is 9.47 Å². The van der Waals surface area contributed by atoms with Crippen molar-refractivity contribution in [1.29, 1.82) is 0 Å². The van der Waals surface area contributed by atoms with Crippen molar-refractivity contribution >= 4 is 16.8 Å².